The predicted molar refractivity (Wildman–Crippen MR) is 114 cm³/mol. The van der Waals surface area contributed by atoms with Gasteiger partial charge in [-0.25, -0.2) is 9.97 Å². The lowest BCUT2D eigenvalue weighted by Gasteiger charge is -2.22. The van der Waals surface area contributed by atoms with Crippen LogP contribution in [0.15, 0.2) is 23.6 Å². The maximum absolute atomic E-state index is 13.1. The first-order chi connectivity index (χ1) is 15.2. The van der Waals surface area contributed by atoms with E-state index in [1.54, 1.807) is 19.1 Å². The summed E-state index contributed by atoms with van der Waals surface area (Å²) in [6.45, 7) is 2.55. The molecule has 2 aromatic heterocycles. The van der Waals surface area contributed by atoms with Crippen molar-refractivity contribution in [1.29, 1.82) is 0 Å². The average molecular weight is 466 g/mol. The van der Waals surface area contributed by atoms with Crippen molar-refractivity contribution in [3.8, 4) is 22.2 Å². The van der Waals surface area contributed by atoms with Crippen molar-refractivity contribution in [2.24, 2.45) is 0 Å². The Morgan fingerprint density at radius 3 is 2.69 bits per heavy atom. The minimum absolute atomic E-state index is 0.0951. The molecule has 1 N–H and O–H groups in total. The molecule has 7 nitrogen and oxygen atoms in total. The fraction of sp³-hybridized carbons (Fsp3) is 0.381. The van der Waals surface area contributed by atoms with Gasteiger partial charge in [0, 0.05) is 29.4 Å². The van der Waals surface area contributed by atoms with E-state index in [0.29, 0.717) is 28.6 Å². The molecule has 170 valence electrons. The molecule has 0 saturated carbocycles. The molecule has 1 saturated heterocycles. The van der Waals surface area contributed by atoms with Gasteiger partial charge in [-0.15, -0.1) is 11.3 Å². The van der Waals surface area contributed by atoms with Crippen LogP contribution < -0.4 is 14.9 Å². The Bertz CT molecular complexity index is 1160. The maximum Gasteiger partial charge on any atom is 0.434 e. The number of aryl methyl sites for hydroxylation is 1. The number of likely N-dealkylation sites (N-methyl/N-ethyl adjacent to an activating group) is 1. The Kier molecular flexibility index (Phi) is 5.95. The van der Waals surface area contributed by atoms with Gasteiger partial charge < -0.3 is 14.9 Å². The molecule has 4 rings (SSSR count). The number of fused-ring (bicyclic) bond motifs is 1. The molecule has 0 bridgehead atoms. The largest absolute Gasteiger partial charge is 0.496 e. The Balaban J connectivity index is 1.79. The number of pyridine rings is 1. The van der Waals surface area contributed by atoms with Crippen LogP contribution in [0.5, 0.6) is 11.5 Å². The number of rotatable bonds is 5. The van der Waals surface area contributed by atoms with Crippen LogP contribution >= 0.6 is 11.3 Å². The van der Waals surface area contributed by atoms with Crippen LogP contribution in [-0.4, -0.2) is 47.7 Å². The summed E-state index contributed by atoms with van der Waals surface area (Å²) in [7, 11) is 3.03. The summed E-state index contributed by atoms with van der Waals surface area (Å²) in [5, 5.41) is 5.90. The number of hydroxylamine groups is 2. The first-order valence-electron chi connectivity index (χ1n) is 9.89. The summed E-state index contributed by atoms with van der Waals surface area (Å²) < 4.78 is 44.5. The number of halogens is 3. The van der Waals surface area contributed by atoms with Crippen LogP contribution in [0.1, 0.15) is 24.1 Å². The molecule has 1 aliphatic rings. The summed E-state index contributed by atoms with van der Waals surface area (Å²) in [6.07, 6.45) is -2.94. The van der Waals surface area contributed by atoms with Gasteiger partial charge in [-0.3, -0.25) is 4.79 Å². The highest BCUT2D eigenvalue weighted by molar-refractivity contribution is 7.13. The third-order valence-electron chi connectivity index (χ3n) is 5.28. The highest BCUT2D eigenvalue weighted by Crippen LogP contribution is 2.38. The molecule has 0 aliphatic carbocycles. The predicted octanol–water partition coefficient (Wildman–Crippen LogP) is 4.20. The van der Waals surface area contributed by atoms with Crippen molar-refractivity contribution in [1.82, 2.24) is 20.3 Å². The number of aromatic nitrogens is 2. The van der Waals surface area contributed by atoms with Crippen LogP contribution in [0.25, 0.3) is 21.6 Å². The highest BCUT2D eigenvalue weighted by Gasteiger charge is 2.34. The molecule has 0 spiro atoms. The Morgan fingerprint density at radius 1 is 1.28 bits per heavy atom. The second-order valence-corrected chi connectivity index (χ2v) is 8.26. The topological polar surface area (TPSA) is 76.6 Å². The fourth-order valence-electron chi connectivity index (χ4n) is 3.61. The van der Waals surface area contributed by atoms with Gasteiger partial charge in [-0.2, -0.15) is 18.2 Å². The second kappa shape index (κ2) is 8.55. The number of ether oxygens (including phenoxy) is 1. The summed E-state index contributed by atoms with van der Waals surface area (Å²) in [4.78, 5) is 26.8. The van der Waals surface area contributed by atoms with E-state index >= 15 is 0 Å². The summed E-state index contributed by atoms with van der Waals surface area (Å²) in [5.41, 5.74) is 0.407. The van der Waals surface area contributed by atoms with Gasteiger partial charge in [-0.1, -0.05) is 0 Å². The number of methoxy groups -OCH3 is 1. The molecule has 1 aromatic carbocycles. The van der Waals surface area contributed by atoms with Crippen molar-refractivity contribution >= 4 is 28.1 Å². The number of alkyl halides is 3. The van der Waals surface area contributed by atoms with Crippen LogP contribution in [0.4, 0.5) is 13.2 Å². The first-order valence-corrected chi connectivity index (χ1v) is 10.8. The first kappa shape index (κ1) is 22.3. The zero-order valence-corrected chi connectivity index (χ0v) is 18.4. The van der Waals surface area contributed by atoms with E-state index in [4.69, 9.17) is 9.57 Å². The zero-order chi connectivity index (χ0) is 23.0. The van der Waals surface area contributed by atoms with Gasteiger partial charge in [0.1, 0.15) is 16.5 Å². The Morgan fingerprint density at radius 2 is 2.06 bits per heavy atom. The molecule has 3 heterocycles. The van der Waals surface area contributed by atoms with Crippen molar-refractivity contribution in [2.75, 3.05) is 20.7 Å². The molecule has 1 amide bonds. The molecule has 11 heteroatoms. The van der Waals surface area contributed by atoms with E-state index in [2.05, 4.69) is 15.3 Å². The van der Waals surface area contributed by atoms with E-state index in [9.17, 15) is 18.0 Å². The zero-order valence-electron chi connectivity index (χ0n) is 17.6. The number of amides is 1. The molecule has 1 aliphatic heterocycles. The minimum atomic E-state index is -4.55. The number of hydrogen-bond donors (Lipinski definition) is 1. The number of nitrogens with zero attached hydrogens (tertiary/aromatic N) is 3. The molecule has 32 heavy (non-hydrogen) atoms. The molecule has 1 atom stereocenters. The van der Waals surface area contributed by atoms with Crippen molar-refractivity contribution in [2.45, 2.75) is 32.0 Å². The summed E-state index contributed by atoms with van der Waals surface area (Å²) >= 11 is 0.837. The SMILES string of the molecule is COc1ccc2c(ON(C)C(=O)C3CCCN3)cc(-c3nc(C(F)(F)F)cs3)nc2c1C. The lowest BCUT2D eigenvalue weighted by atomic mass is 10.1. The van der Waals surface area contributed by atoms with Crippen LogP contribution in [0.2, 0.25) is 0 Å². The van der Waals surface area contributed by atoms with Gasteiger partial charge in [0.25, 0.3) is 5.91 Å². The van der Waals surface area contributed by atoms with Crippen LogP contribution in [0.3, 0.4) is 0 Å². The summed E-state index contributed by atoms with van der Waals surface area (Å²) in [6, 6.07) is 4.65. The average Bonchev–Trinajstić information content (AvgIpc) is 3.45. The fourth-order valence-corrected chi connectivity index (χ4v) is 4.40. The normalized spacial score (nSPS) is 16.4. The summed E-state index contributed by atoms with van der Waals surface area (Å²) in [5.74, 6) is 0.629. The number of nitrogens with one attached hydrogen (secondary N) is 1. The maximum atomic E-state index is 13.1. The molecule has 3 aromatic rings. The van der Waals surface area contributed by atoms with Gasteiger partial charge in [-0.05, 0) is 38.4 Å². The van der Waals surface area contributed by atoms with Gasteiger partial charge >= 0.3 is 6.18 Å². The number of carbonyl (C=O) groups is 1. The third-order valence-corrected chi connectivity index (χ3v) is 6.15. The van der Waals surface area contributed by atoms with Gasteiger partial charge in [0.2, 0.25) is 0 Å². The van der Waals surface area contributed by atoms with E-state index in [-0.39, 0.29) is 28.4 Å². The molecule has 0 radical (unpaired) electrons. The van der Waals surface area contributed by atoms with Crippen molar-refractivity contribution < 1.29 is 27.5 Å². The third kappa shape index (κ3) is 4.22. The Hall–Kier alpha value is -2.92. The van der Waals surface area contributed by atoms with E-state index in [1.165, 1.54) is 20.2 Å². The van der Waals surface area contributed by atoms with Crippen LogP contribution in [0, 0.1) is 6.92 Å². The van der Waals surface area contributed by atoms with E-state index < -0.39 is 11.9 Å². The lowest BCUT2D eigenvalue weighted by molar-refractivity contribution is -0.154. The van der Waals surface area contributed by atoms with E-state index in [1.807, 2.05) is 0 Å². The number of benzene rings is 1. The number of hydrogen-bond acceptors (Lipinski definition) is 7. The minimum Gasteiger partial charge on any atom is -0.496 e. The van der Waals surface area contributed by atoms with Crippen LogP contribution in [-0.2, 0) is 11.0 Å². The second-order valence-electron chi connectivity index (χ2n) is 7.41. The quantitative estimate of drug-likeness (QED) is 0.568. The number of carbonyl (C=O) groups excluding carboxylic acids is 1. The number of thiazole rings is 1. The van der Waals surface area contributed by atoms with Gasteiger partial charge in [0.15, 0.2) is 11.4 Å². The van der Waals surface area contributed by atoms with E-state index in [0.717, 1.165) is 34.7 Å². The molecule has 1 fully saturated rings. The standard InChI is InChI=1S/C21H21F3N4O3S/c1-11-15(30-3)7-6-12-16(31-28(2)20(29)13-5-4-8-25-13)9-14(26-18(11)12)19-27-17(10-32-19)21(22,23)24/h6-7,9-10,13,25H,4-5,8H2,1-3H3. The molecular weight excluding hydrogens is 445 g/mol. The molecular formula is C21H21F3N4O3S. The van der Waals surface area contributed by atoms with Crippen molar-refractivity contribution in [3.05, 3.63) is 34.8 Å². The lowest BCUT2D eigenvalue weighted by Crippen LogP contribution is -2.43. The Labute approximate surface area is 186 Å². The monoisotopic (exact) mass is 466 g/mol. The molecule has 1 unspecified atom stereocenters. The highest BCUT2D eigenvalue weighted by atomic mass is 32.1. The van der Waals surface area contributed by atoms with Crippen molar-refractivity contribution in [3.63, 3.8) is 0 Å². The smallest absolute Gasteiger partial charge is 0.434 e. The van der Waals surface area contributed by atoms with Gasteiger partial charge in [0.05, 0.1) is 18.7 Å².